The number of hydrogen-bond donors (Lipinski definition) is 1. The largest absolute Gasteiger partial charge is 0.326 e. The van der Waals surface area contributed by atoms with Gasteiger partial charge in [0.25, 0.3) is 0 Å². The van der Waals surface area contributed by atoms with Gasteiger partial charge in [0.05, 0.1) is 10.0 Å². The maximum absolute atomic E-state index is 12.3. The van der Waals surface area contributed by atoms with Crippen LogP contribution in [-0.4, -0.2) is 18.5 Å². The van der Waals surface area contributed by atoms with Crippen LogP contribution < -0.4 is 10.6 Å². The van der Waals surface area contributed by atoms with Crippen LogP contribution in [0.3, 0.4) is 0 Å². The van der Waals surface area contributed by atoms with Crippen LogP contribution in [0.1, 0.15) is 18.9 Å². The molecule has 1 unspecified atom stereocenters. The second-order valence-electron chi connectivity index (χ2n) is 5.41. The summed E-state index contributed by atoms with van der Waals surface area (Å²) < 4.78 is 0. The van der Waals surface area contributed by atoms with Crippen molar-refractivity contribution < 1.29 is 4.79 Å². The quantitative estimate of drug-likeness (QED) is 0.843. The Hall–Kier alpha value is -1.55. The van der Waals surface area contributed by atoms with Gasteiger partial charge in [-0.2, -0.15) is 0 Å². The number of nitrogens with zero attached hydrogens (tertiary/aromatic N) is 1. The van der Waals surface area contributed by atoms with E-state index >= 15 is 0 Å². The molecule has 0 saturated heterocycles. The average Bonchev–Trinajstić information content (AvgIpc) is 2.55. The number of benzene rings is 2. The average molecular weight is 351 g/mol. The number of amides is 1. The van der Waals surface area contributed by atoms with Crippen LogP contribution in [0.5, 0.6) is 0 Å². The first-order chi connectivity index (χ1) is 11.0. The summed E-state index contributed by atoms with van der Waals surface area (Å²) >= 11 is 12.0. The minimum atomic E-state index is -0.164. The van der Waals surface area contributed by atoms with Gasteiger partial charge < -0.3 is 10.6 Å². The van der Waals surface area contributed by atoms with E-state index in [9.17, 15) is 4.79 Å². The molecule has 0 aromatic heterocycles. The molecule has 0 aliphatic carbocycles. The van der Waals surface area contributed by atoms with Gasteiger partial charge in [-0.15, -0.1) is 0 Å². The molecule has 0 heterocycles. The van der Waals surface area contributed by atoms with Gasteiger partial charge >= 0.3 is 0 Å². The molecule has 2 aromatic rings. The van der Waals surface area contributed by atoms with Crippen molar-refractivity contribution in [2.75, 3.05) is 11.4 Å². The summed E-state index contributed by atoms with van der Waals surface area (Å²) in [6.45, 7) is 2.26. The van der Waals surface area contributed by atoms with E-state index in [0.717, 1.165) is 11.3 Å². The second-order valence-corrected chi connectivity index (χ2v) is 6.22. The van der Waals surface area contributed by atoms with Gasteiger partial charge in [0.1, 0.15) is 0 Å². The first-order valence-electron chi connectivity index (χ1n) is 7.56. The number of carbonyl (C=O) groups is 1. The molecule has 2 aromatic carbocycles. The van der Waals surface area contributed by atoms with Gasteiger partial charge in [-0.05, 0) is 30.2 Å². The summed E-state index contributed by atoms with van der Waals surface area (Å²) in [6, 6.07) is 15.0. The summed E-state index contributed by atoms with van der Waals surface area (Å²) in [7, 11) is 0. The molecule has 0 spiro atoms. The fourth-order valence-electron chi connectivity index (χ4n) is 2.41. The van der Waals surface area contributed by atoms with Gasteiger partial charge in [0, 0.05) is 24.7 Å². The lowest BCUT2D eigenvalue weighted by atomic mass is 10.1. The predicted octanol–water partition coefficient (Wildman–Crippen LogP) is 4.31. The van der Waals surface area contributed by atoms with Crippen LogP contribution in [0.4, 0.5) is 5.69 Å². The number of hydrogen-bond acceptors (Lipinski definition) is 2. The highest BCUT2D eigenvalue weighted by Gasteiger charge is 2.18. The highest BCUT2D eigenvalue weighted by molar-refractivity contribution is 6.42. The zero-order valence-corrected chi connectivity index (χ0v) is 14.5. The van der Waals surface area contributed by atoms with Crippen molar-refractivity contribution in [3.05, 3.63) is 64.1 Å². The lowest BCUT2D eigenvalue weighted by molar-refractivity contribution is -0.118. The highest BCUT2D eigenvalue weighted by Crippen LogP contribution is 2.27. The SMILES string of the molecule is CCC(=O)N(CC(N)Cc1ccccc1)c1ccc(Cl)c(Cl)c1. The Kier molecular flexibility index (Phi) is 6.46. The standard InChI is InChI=1S/C18H20Cl2N2O/c1-2-18(23)22(15-8-9-16(19)17(20)11-15)12-14(21)10-13-6-4-3-5-7-13/h3-9,11,14H,2,10,12,21H2,1H3. The lowest BCUT2D eigenvalue weighted by Crippen LogP contribution is -2.42. The smallest absolute Gasteiger partial charge is 0.226 e. The second kappa shape index (κ2) is 8.34. The lowest BCUT2D eigenvalue weighted by Gasteiger charge is -2.26. The van der Waals surface area contributed by atoms with Crippen LogP contribution >= 0.6 is 23.2 Å². The third-order valence-electron chi connectivity index (χ3n) is 3.58. The van der Waals surface area contributed by atoms with Crippen LogP contribution in [-0.2, 0) is 11.2 Å². The third kappa shape index (κ3) is 4.96. The molecule has 0 aliphatic heterocycles. The summed E-state index contributed by atoms with van der Waals surface area (Å²) in [5, 5.41) is 0.891. The van der Waals surface area contributed by atoms with Crippen molar-refractivity contribution in [2.24, 2.45) is 5.73 Å². The molecule has 3 nitrogen and oxygen atoms in total. The van der Waals surface area contributed by atoms with E-state index in [1.165, 1.54) is 0 Å². The van der Waals surface area contributed by atoms with Gasteiger partial charge in [-0.25, -0.2) is 0 Å². The predicted molar refractivity (Wildman–Crippen MR) is 97.2 cm³/mol. The molecule has 0 bridgehead atoms. The van der Waals surface area contributed by atoms with Crippen LogP contribution in [0.15, 0.2) is 48.5 Å². The number of carbonyl (C=O) groups excluding carboxylic acids is 1. The normalized spacial score (nSPS) is 12.0. The number of halogens is 2. The van der Waals surface area contributed by atoms with Crippen molar-refractivity contribution in [1.82, 2.24) is 0 Å². The van der Waals surface area contributed by atoms with Crippen molar-refractivity contribution in [3.8, 4) is 0 Å². The van der Waals surface area contributed by atoms with E-state index in [1.807, 2.05) is 37.3 Å². The van der Waals surface area contributed by atoms with Crippen LogP contribution in [0.25, 0.3) is 0 Å². The highest BCUT2D eigenvalue weighted by atomic mass is 35.5. The molecular formula is C18H20Cl2N2O. The van der Waals surface area contributed by atoms with Crippen LogP contribution in [0, 0.1) is 0 Å². The maximum atomic E-state index is 12.3. The minimum absolute atomic E-state index is 0.00639. The van der Waals surface area contributed by atoms with E-state index in [-0.39, 0.29) is 11.9 Å². The Labute approximate surface area is 147 Å². The van der Waals surface area contributed by atoms with Gasteiger partial charge in [-0.3, -0.25) is 4.79 Å². The minimum Gasteiger partial charge on any atom is -0.326 e. The Morgan fingerprint density at radius 3 is 2.43 bits per heavy atom. The topological polar surface area (TPSA) is 46.3 Å². The van der Waals surface area contributed by atoms with Gasteiger partial charge in [-0.1, -0.05) is 60.5 Å². The Balaban J connectivity index is 2.15. The summed E-state index contributed by atoms with van der Waals surface area (Å²) in [5.41, 5.74) is 8.12. The van der Waals surface area contributed by atoms with Crippen molar-refractivity contribution >= 4 is 34.8 Å². The van der Waals surface area contributed by atoms with Gasteiger partial charge in [0.2, 0.25) is 5.91 Å². The molecule has 2 N–H and O–H groups in total. The van der Waals surface area contributed by atoms with E-state index in [4.69, 9.17) is 28.9 Å². The van der Waals surface area contributed by atoms with Crippen LogP contribution in [0.2, 0.25) is 10.0 Å². The molecule has 0 fully saturated rings. The monoisotopic (exact) mass is 350 g/mol. The summed E-state index contributed by atoms with van der Waals surface area (Å²) in [6.07, 6.45) is 1.11. The number of nitrogens with two attached hydrogens (primary N) is 1. The van der Waals surface area contributed by atoms with Crippen molar-refractivity contribution in [2.45, 2.75) is 25.8 Å². The van der Waals surface area contributed by atoms with Crippen molar-refractivity contribution in [3.63, 3.8) is 0 Å². The summed E-state index contributed by atoms with van der Waals surface area (Å²) in [5.74, 6) is 0.00639. The Morgan fingerprint density at radius 2 is 1.83 bits per heavy atom. The first-order valence-corrected chi connectivity index (χ1v) is 8.31. The van der Waals surface area contributed by atoms with E-state index in [2.05, 4.69) is 0 Å². The Bertz CT molecular complexity index is 661. The number of anilines is 1. The maximum Gasteiger partial charge on any atom is 0.226 e. The molecule has 1 atom stereocenters. The molecule has 23 heavy (non-hydrogen) atoms. The van der Waals surface area contributed by atoms with Gasteiger partial charge in [0.15, 0.2) is 0 Å². The molecule has 2 rings (SSSR count). The third-order valence-corrected chi connectivity index (χ3v) is 4.32. The van der Waals surface area contributed by atoms with E-state index < -0.39 is 0 Å². The molecule has 0 saturated carbocycles. The first kappa shape index (κ1) is 17.8. The zero-order chi connectivity index (χ0) is 16.8. The fraction of sp³-hybridized carbons (Fsp3) is 0.278. The molecule has 1 amide bonds. The fourth-order valence-corrected chi connectivity index (χ4v) is 2.70. The van der Waals surface area contributed by atoms with Crippen molar-refractivity contribution in [1.29, 1.82) is 0 Å². The number of rotatable bonds is 6. The molecule has 0 aliphatic rings. The van der Waals surface area contributed by atoms with E-state index in [1.54, 1.807) is 23.1 Å². The molecule has 122 valence electrons. The summed E-state index contributed by atoms with van der Waals surface area (Å²) in [4.78, 5) is 14.0. The molecule has 5 heteroatoms. The zero-order valence-electron chi connectivity index (χ0n) is 13.0. The van der Waals surface area contributed by atoms with E-state index in [0.29, 0.717) is 29.4 Å². The molecular weight excluding hydrogens is 331 g/mol. The Morgan fingerprint density at radius 1 is 1.13 bits per heavy atom. The molecule has 0 radical (unpaired) electrons.